The molecule has 0 spiro atoms. The van der Waals surface area contributed by atoms with Gasteiger partial charge in [-0.3, -0.25) is 9.69 Å². The number of likely N-dealkylation sites (tertiary alicyclic amines) is 1. The molecule has 0 saturated carbocycles. The van der Waals surface area contributed by atoms with Gasteiger partial charge in [-0.05, 0) is 49.3 Å². The highest BCUT2D eigenvalue weighted by molar-refractivity contribution is 5.66. The molecule has 3 atom stereocenters. The van der Waals surface area contributed by atoms with E-state index >= 15 is 0 Å². The van der Waals surface area contributed by atoms with Crippen LogP contribution in [0.4, 0.5) is 0 Å². The van der Waals surface area contributed by atoms with Crippen molar-refractivity contribution in [1.29, 1.82) is 0 Å². The van der Waals surface area contributed by atoms with Crippen molar-refractivity contribution in [3.63, 3.8) is 0 Å². The van der Waals surface area contributed by atoms with Gasteiger partial charge in [0.1, 0.15) is 0 Å². The predicted molar refractivity (Wildman–Crippen MR) is 112 cm³/mol. The van der Waals surface area contributed by atoms with Crippen LogP contribution in [0, 0.1) is 11.8 Å². The molecular weight excluding hydrogens is 364 g/mol. The molecule has 29 heavy (non-hydrogen) atoms. The molecule has 5 rings (SSSR count). The Morgan fingerprint density at radius 3 is 2.93 bits per heavy atom. The van der Waals surface area contributed by atoms with Crippen LogP contribution in [0.2, 0.25) is 0 Å². The molecule has 2 bridgehead atoms. The summed E-state index contributed by atoms with van der Waals surface area (Å²) in [6.45, 7) is 7.12. The quantitative estimate of drug-likeness (QED) is 0.657. The maximum atomic E-state index is 12.7. The summed E-state index contributed by atoms with van der Waals surface area (Å²) in [4.78, 5) is 24.0. The molecule has 0 N–H and O–H groups in total. The van der Waals surface area contributed by atoms with E-state index in [1.807, 2.05) is 18.2 Å². The average Bonchev–Trinajstić information content (AvgIpc) is 3.10. The maximum Gasteiger partial charge on any atom is 0.250 e. The summed E-state index contributed by atoms with van der Waals surface area (Å²) < 4.78 is 8.03. The molecule has 0 aliphatic carbocycles. The third kappa shape index (κ3) is 3.50. The molecule has 0 radical (unpaired) electrons. The summed E-state index contributed by atoms with van der Waals surface area (Å²) in [6.07, 6.45) is 5.11. The van der Waals surface area contributed by atoms with Gasteiger partial charge in [0.05, 0.1) is 6.54 Å². The molecule has 1 saturated heterocycles. The first-order valence-electron chi connectivity index (χ1n) is 10.7. The van der Waals surface area contributed by atoms with E-state index in [4.69, 9.17) is 4.42 Å². The Balaban J connectivity index is 1.43. The lowest BCUT2D eigenvalue weighted by Gasteiger charge is -2.47. The molecule has 3 aromatic heterocycles. The van der Waals surface area contributed by atoms with Gasteiger partial charge < -0.3 is 8.98 Å². The lowest BCUT2D eigenvalue weighted by Crippen LogP contribution is -2.49. The molecule has 0 aromatic carbocycles. The number of hydrogen-bond donors (Lipinski definition) is 0. The summed E-state index contributed by atoms with van der Waals surface area (Å²) in [5, 5.41) is 0. The average molecular weight is 393 g/mol. The van der Waals surface area contributed by atoms with Crippen molar-refractivity contribution in [3.05, 3.63) is 58.5 Å². The monoisotopic (exact) mass is 392 g/mol. The number of pyridine rings is 2. The Kier molecular flexibility index (Phi) is 4.74. The lowest BCUT2D eigenvalue weighted by atomic mass is 9.76. The highest BCUT2D eigenvalue weighted by Gasteiger charge is 2.40. The second-order valence-electron chi connectivity index (χ2n) is 9.02. The van der Waals surface area contributed by atoms with E-state index in [0.29, 0.717) is 29.9 Å². The minimum absolute atomic E-state index is 0.157. The Bertz CT molecular complexity index is 1040. The fourth-order valence-corrected chi connectivity index (χ4v) is 5.21. The van der Waals surface area contributed by atoms with Gasteiger partial charge in [-0.2, -0.15) is 4.98 Å². The van der Waals surface area contributed by atoms with Crippen molar-refractivity contribution in [3.8, 4) is 0 Å². The van der Waals surface area contributed by atoms with Gasteiger partial charge in [0, 0.05) is 43.0 Å². The van der Waals surface area contributed by atoms with Gasteiger partial charge in [0.2, 0.25) is 5.89 Å². The van der Waals surface area contributed by atoms with Crippen LogP contribution in [0.3, 0.4) is 0 Å². The molecular formula is C23H28N4O2. The maximum absolute atomic E-state index is 12.7. The van der Waals surface area contributed by atoms with Crippen LogP contribution in [-0.2, 0) is 6.54 Å². The zero-order valence-corrected chi connectivity index (χ0v) is 17.1. The fraction of sp³-hybridized carbons (Fsp3) is 0.522. The minimum Gasteiger partial charge on any atom is -0.438 e. The fourth-order valence-electron chi connectivity index (χ4n) is 5.21. The number of rotatable bonds is 5. The molecule has 0 unspecified atom stereocenters. The van der Waals surface area contributed by atoms with E-state index in [1.54, 1.807) is 12.3 Å². The first-order chi connectivity index (χ1) is 14.1. The second-order valence-corrected chi connectivity index (χ2v) is 9.02. The second kappa shape index (κ2) is 7.41. The number of hydrogen-bond acceptors (Lipinski definition) is 5. The number of fused-ring (bicyclic) bond motifs is 5. The van der Waals surface area contributed by atoms with E-state index < -0.39 is 0 Å². The first-order valence-corrected chi connectivity index (χ1v) is 10.7. The van der Waals surface area contributed by atoms with Crippen LogP contribution < -0.4 is 5.56 Å². The highest BCUT2D eigenvalue weighted by atomic mass is 16.3. The molecule has 0 amide bonds. The van der Waals surface area contributed by atoms with Crippen molar-refractivity contribution in [1.82, 2.24) is 19.4 Å². The van der Waals surface area contributed by atoms with Crippen molar-refractivity contribution < 1.29 is 4.42 Å². The summed E-state index contributed by atoms with van der Waals surface area (Å²) in [7, 11) is 0. The third-order valence-electron chi connectivity index (χ3n) is 6.48. The van der Waals surface area contributed by atoms with Crippen molar-refractivity contribution in [2.75, 3.05) is 13.1 Å². The van der Waals surface area contributed by atoms with Crippen LogP contribution in [0.5, 0.6) is 0 Å². The molecule has 152 valence electrons. The molecule has 6 heteroatoms. The summed E-state index contributed by atoms with van der Waals surface area (Å²) in [5.41, 5.74) is 2.77. The zero-order chi connectivity index (χ0) is 20.0. The van der Waals surface area contributed by atoms with Gasteiger partial charge in [0.25, 0.3) is 5.56 Å². The first kappa shape index (κ1) is 18.6. The summed E-state index contributed by atoms with van der Waals surface area (Å²) in [6, 6.07) is 9.85. The predicted octanol–water partition coefficient (Wildman–Crippen LogP) is 3.98. The van der Waals surface area contributed by atoms with Crippen LogP contribution in [0.1, 0.15) is 56.7 Å². The Morgan fingerprint density at radius 2 is 2.10 bits per heavy atom. The highest BCUT2D eigenvalue weighted by Crippen LogP contribution is 2.43. The van der Waals surface area contributed by atoms with Gasteiger partial charge >= 0.3 is 0 Å². The van der Waals surface area contributed by atoms with Crippen LogP contribution in [0.15, 0.2) is 45.7 Å². The number of piperidine rings is 1. The molecule has 2 aliphatic heterocycles. The van der Waals surface area contributed by atoms with E-state index in [2.05, 4.69) is 39.3 Å². The van der Waals surface area contributed by atoms with Crippen molar-refractivity contribution >= 4 is 11.2 Å². The lowest BCUT2D eigenvalue weighted by molar-refractivity contribution is 0.0745. The number of oxazole rings is 1. The minimum atomic E-state index is 0.157. The van der Waals surface area contributed by atoms with Crippen LogP contribution in [-0.4, -0.2) is 32.5 Å². The Labute approximate surface area is 170 Å². The SMILES string of the molecule is CC(C)CC[C@H]1[C@H]2C[C@H](CN(Cc3nc4ncccc4o3)C2)c2cccc(=O)n21. The smallest absolute Gasteiger partial charge is 0.250 e. The van der Waals surface area contributed by atoms with Crippen LogP contribution >= 0.6 is 0 Å². The molecule has 3 aromatic rings. The molecule has 5 heterocycles. The molecule has 2 aliphatic rings. The van der Waals surface area contributed by atoms with Gasteiger partial charge in [-0.25, -0.2) is 4.98 Å². The van der Waals surface area contributed by atoms with Gasteiger partial charge in [0.15, 0.2) is 11.2 Å². The molecule has 1 fully saturated rings. The summed E-state index contributed by atoms with van der Waals surface area (Å²) >= 11 is 0. The van der Waals surface area contributed by atoms with Crippen LogP contribution in [0.25, 0.3) is 11.2 Å². The zero-order valence-electron chi connectivity index (χ0n) is 17.1. The van der Waals surface area contributed by atoms with E-state index in [9.17, 15) is 4.79 Å². The van der Waals surface area contributed by atoms with Crippen molar-refractivity contribution in [2.45, 2.75) is 51.6 Å². The Morgan fingerprint density at radius 1 is 1.21 bits per heavy atom. The Hall–Kier alpha value is -2.47. The number of aromatic nitrogens is 3. The molecule has 6 nitrogen and oxygen atoms in total. The van der Waals surface area contributed by atoms with Gasteiger partial charge in [-0.1, -0.05) is 19.9 Å². The number of nitrogens with zero attached hydrogens (tertiary/aromatic N) is 4. The normalized spacial score (nSPS) is 24.2. The van der Waals surface area contributed by atoms with Crippen molar-refractivity contribution in [2.24, 2.45) is 11.8 Å². The standard InChI is InChI=1S/C23H28N4O2/c1-15(2)8-9-19-17-11-16(18-5-3-7-22(28)27(18)19)12-26(13-17)14-21-25-23-20(29-21)6-4-10-24-23/h3-7,10,15-17,19H,8-9,11-14H2,1-2H3/t16-,17+,19+/m1/s1. The summed E-state index contributed by atoms with van der Waals surface area (Å²) in [5.74, 6) is 2.24. The van der Waals surface area contributed by atoms with Gasteiger partial charge in [-0.15, -0.1) is 0 Å². The van der Waals surface area contributed by atoms with E-state index in [0.717, 1.165) is 43.8 Å². The topological polar surface area (TPSA) is 64.2 Å². The van der Waals surface area contributed by atoms with E-state index in [-0.39, 0.29) is 11.6 Å². The largest absolute Gasteiger partial charge is 0.438 e. The third-order valence-corrected chi connectivity index (χ3v) is 6.48. The van der Waals surface area contributed by atoms with E-state index in [1.165, 1.54) is 5.69 Å².